The van der Waals surface area contributed by atoms with Crippen molar-refractivity contribution in [3.63, 3.8) is 0 Å². The number of aromatic nitrogens is 2. The molecule has 0 aliphatic heterocycles. The van der Waals surface area contributed by atoms with Crippen molar-refractivity contribution in [3.8, 4) is 0 Å². The zero-order chi connectivity index (χ0) is 9.47. The quantitative estimate of drug-likeness (QED) is 0.746. The van der Waals surface area contributed by atoms with E-state index in [2.05, 4.69) is 23.8 Å². The van der Waals surface area contributed by atoms with Gasteiger partial charge in [0.2, 0.25) is 0 Å². The highest BCUT2D eigenvalue weighted by molar-refractivity contribution is 5.16. The molecule has 3 nitrogen and oxygen atoms in total. The van der Waals surface area contributed by atoms with Gasteiger partial charge >= 0.3 is 0 Å². The summed E-state index contributed by atoms with van der Waals surface area (Å²) in [5.74, 6) is 1.43. The van der Waals surface area contributed by atoms with Crippen LogP contribution in [0, 0.1) is 5.41 Å². The average molecular weight is 178 g/mol. The molecule has 1 aliphatic rings. The van der Waals surface area contributed by atoms with Gasteiger partial charge in [0.15, 0.2) is 0 Å². The smallest absolute Gasteiger partial charge is 0.131 e. The monoisotopic (exact) mass is 178 g/mol. The second kappa shape index (κ2) is 2.77. The molecule has 1 aromatic heterocycles. The molecule has 0 bridgehead atoms. The highest BCUT2D eigenvalue weighted by atomic mass is 16.3. The van der Waals surface area contributed by atoms with E-state index in [-0.39, 0.29) is 6.61 Å². The van der Waals surface area contributed by atoms with Crippen LogP contribution in [0.15, 0.2) is 12.4 Å². The molecule has 1 saturated carbocycles. The first-order valence-corrected chi connectivity index (χ1v) is 4.55. The van der Waals surface area contributed by atoms with E-state index < -0.39 is 0 Å². The van der Waals surface area contributed by atoms with Crippen LogP contribution in [0.4, 0.5) is 0 Å². The van der Waals surface area contributed by atoms with Crippen molar-refractivity contribution in [1.82, 2.24) is 9.97 Å². The van der Waals surface area contributed by atoms with E-state index in [0.717, 1.165) is 11.4 Å². The van der Waals surface area contributed by atoms with Gasteiger partial charge in [-0.25, -0.2) is 9.97 Å². The Morgan fingerprint density at radius 2 is 2.00 bits per heavy atom. The summed E-state index contributed by atoms with van der Waals surface area (Å²) in [6.07, 6.45) is 4.58. The summed E-state index contributed by atoms with van der Waals surface area (Å²) in [6.45, 7) is 4.47. The van der Waals surface area contributed by atoms with Gasteiger partial charge in [0.05, 0.1) is 6.61 Å². The summed E-state index contributed by atoms with van der Waals surface area (Å²) in [5.41, 5.74) is 1.16. The van der Waals surface area contributed by atoms with Crippen LogP contribution in [0.1, 0.15) is 37.6 Å². The van der Waals surface area contributed by atoms with Gasteiger partial charge in [0.25, 0.3) is 0 Å². The maximum absolute atomic E-state index is 8.81. The van der Waals surface area contributed by atoms with E-state index in [1.54, 1.807) is 12.4 Å². The Kier molecular flexibility index (Phi) is 1.84. The largest absolute Gasteiger partial charge is 0.392 e. The van der Waals surface area contributed by atoms with Gasteiger partial charge in [0, 0.05) is 23.9 Å². The number of aliphatic hydroxyl groups is 1. The van der Waals surface area contributed by atoms with E-state index >= 15 is 0 Å². The fourth-order valence-electron chi connectivity index (χ4n) is 1.53. The van der Waals surface area contributed by atoms with Gasteiger partial charge in [-0.2, -0.15) is 0 Å². The van der Waals surface area contributed by atoms with E-state index in [1.807, 2.05) is 0 Å². The Bertz CT molecular complexity index is 305. The lowest BCUT2D eigenvalue weighted by Crippen LogP contribution is -1.98. The third kappa shape index (κ3) is 1.56. The van der Waals surface area contributed by atoms with Crippen LogP contribution >= 0.6 is 0 Å². The van der Waals surface area contributed by atoms with Crippen molar-refractivity contribution >= 4 is 0 Å². The molecule has 2 rings (SSSR count). The minimum absolute atomic E-state index is 0.0222. The summed E-state index contributed by atoms with van der Waals surface area (Å²) in [7, 11) is 0. The third-order valence-electron chi connectivity index (χ3n) is 2.73. The van der Waals surface area contributed by atoms with E-state index in [4.69, 9.17) is 5.11 Å². The summed E-state index contributed by atoms with van der Waals surface area (Å²) in [6, 6.07) is 0. The molecule has 1 fully saturated rings. The Morgan fingerprint density at radius 1 is 1.46 bits per heavy atom. The fourth-order valence-corrected chi connectivity index (χ4v) is 1.53. The molecule has 0 amide bonds. The zero-order valence-electron chi connectivity index (χ0n) is 7.99. The molecule has 0 saturated heterocycles. The minimum Gasteiger partial charge on any atom is -0.392 e. The molecular weight excluding hydrogens is 164 g/mol. The van der Waals surface area contributed by atoms with Crippen molar-refractivity contribution in [2.24, 2.45) is 5.41 Å². The fraction of sp³-hybridized carbons (Fsp3) is 0.600. The Balaban J connectivity index is 2.16. The third-order valence-corrected chi connectivity index (χ3v) is 2.73. The molecule has 1 N–H and O–H groups in total. The van der Waals surface area contributed by atoms with Crippen LogP contribution in [0.2, 0.25) is 0 Å². The minimum atomic E-state index is 0.0222. The molecular formula is C10H14N2O. The highest BCUT2D eigenvalue weighted by Gasteiger charge is 2.48. The maximum atomic E-state index is 8.81. The lowest BCUT2D eigenvalue weighted by molar-refractivity contribution is 0.280. The van der Waals surface area contributed by atoms with E-state index in [0.29, 0.717) is 11.3 Å². The van der Waals surface area contributed by atoms with Crippen LogP contribution in [0.25, 0.3) is 0 Å². The van der Waals surface area contributed by atoms with Gasteiger partial charge in [-0.1, -0.05) is 13.8 Å². The second-order valence-corrected chi connectivity index (χ2v) is 4.35. The van der Waals surface area contributed by atoms with Crippen molar-refractivity contribution < 1.29 is 5.11 Å². The summed E-state index contributed by atoms with van der Waals surface area (Å²) < 4.78 is 0. The molecule has 3 heteroatoms. The van der Waals surface area contributed by atoms with Crippen LogP contribution in [0.5, 0.6) is 0 Å². The van der Waals surface area contributed by atoms with Crippen molar-refractivity contribution in [2.45, 2.75) is 32.8 Å². The number of aliphatic hydroxyl groups excluding tert-OH is 1. The van der Waals surface area contributed by atoms with Gasteiger partial charge < -0.3 is 5.11 Å². The maximum Gasteiger partial charge on any atom is 0.131 e. The molecule has 0 spiro atoms. The van der Waals surface area contributed by atoms with Crippen molar-refractivity contribution in [1.29, 1.82) is 0 Å². The Morgan fingerprint density at radius 3 is 2.38 bits per heavy atom. The van der Waals surface area contributed by atoms with Crippen LogP contribution in [-0.2, 0) is 6.61 Å². The van der Waals surface area contributed by atoms with Crippen LogP contribution in [0.3, 0.4) is 0 Å². The number of hydrogen-bond donors (Lipinski definition) is 1. The molecule has 1 atom stereocenters. The molecule has 1 aliphatic carbocycles. The van der Waals surface area contributed by atoms with Crippen molar-refractivity contribution in [3.05, 3.63) is 23.8 Å². The Labute approximate surface area is 77.8 Å². The van der Waals surface area contributed by atoms with E-state index in [9.17, 15) is 0 Å². The topological polar surface area (TPSA) is 46.0 Å². The molecule has 0 aromatic carbocycles. The van der Waals surface area contributed by atoms with Gasteiger partial charge in [0.1, 0.15) is 5.82 Å². The molecule has 1 unspecified atom stereocenters. The molecule has 13 heavy (non-hydrogen) atoms. The first-order valence-electron chi connectivity index (χ1n) is 4.55. The first kappa shape index (κ1) is 8.63. The normalized spacial score (nSPS) is 24.4. The predicted octanol–water partition coefficient (Wildman–Crippen LogP) is 1.48. The lowest BCUT2D eigenvalue weighted by atomic mass is 10.1. The Hall–Kier alpha value is -0.960. The molecule has 0 radical (unpaired) electrons. The predicted molar refractivity (Wildman–Crippen MR) is 49.1 cm³/mol. The van der Waals surface area contributed by atoms with Gasteiger partial charge in [-0.05, 0) is 11.8 Å². The summed E-state index contributed by atoms with van der Waals surface area (Å²) in [4.78, 5) is 8.47. The number of rotatable bonds is 2. The first-order chi connectivity index (χ1) is 6.13. The second-order valence-electron chi connectivity index (χ2n) is 4.35. The van der Waals surface area contributed by atoms with E-state index in [1.165, 1.54) is 6.42 Å². The molecule has 70 valence electrons. The summed E-state index contributed by atoms with van der Waals surface area (Å²) >= 11 is 0. The lowest BCUT2D eigenvalue weighted by Gasteiger charge is -2.02. The van der Waals surface area contributed by atoms with Gasteiger partial charge in [-0.15, -0.1) is 0 Å². The highest BCUT2D eigenvalue weighted by Crippen LogP contribution is 2.57. The van der Waals surface area contributed by atoms with Gasteiger partial charge in [-0.3, -0.25) is 0 Å². The van der Waals surface area contributed by atoms with Crippen LogP contribution in [-0.4, -0.2) is 15.1 Å². The van der Waals surface area contributed by atoms with Crippen LogP contribution < -0.4 is 0 Å². The molecule has 1 heterocycles. The molecule has 1 aromatic rings. The number of hydrogen-bond acceptors (Lipinski definition) is 3. The zero-order valence-corrected chi connectivity index (χ0v) is 7.99. The average Bonchev–Trinajstić information content (AvgIpc) is 2.76. The standard InChI is InChI=1S/C10H14N2O/c1-10(2)3-8(10)9-11-4-7(6-13)5-12-9/h4-5,8,13H,3,6H2,1-2H3. The SMILES string of the molecule is CC1(C)CC1c1ncc(CO)cn1. The number of nitrogens with zero attached hydrogens (tertiary/aromatic N) is 2. The van der Waals surface area contributed by atoms with Crippen molar-refractivity contribution in [2.75, 3.05) is 0 Å². The summed E-state index contributed by atoms with van der Waals surface area (Å²) in [5, 5.41) is 8.81.